The molecule has 0 saturated heterocycles. The average Bonchev–Trinajstić information content (AvgIpc) is 3.27. The standard InChI is InChI=1S/C13H9.C10H17Si.C7H6.2ClH.Zr/c1-3-7-12-10(5-1)9-11-6-2-4-8-13(11)12;1-8-6-9(2)10(7-8)11(3,4)5;1-7-5-3-2-4-6-7;;;/h1-9H;7-8H,1-5H3;1-6H;2*1H;/q;;;;;+2/p-2. The molecule has 0 N–H and O–H groups in total. The molecule has 4 heteroatoms. The van der Waals surface area contributed by atoms with Crippen molar-refractivity contribution in [3.05, 3.63) is 116 Å². The first-order chi connectivity index (χ1) is 15.4. The molecule has 1 atom stereocenters. The van der Waals surface area contributed by atoms with Crippen LogP contribution in [-0.4, -0.2) is 11.8 Å². The molecule has 174 valence electrons. The van der Waals surface area contributed by atoms with Crippen LogP contribution in [0.25, 0.3) is 11.1 Å². The Balaban J connectivity index is 0.00000162. The van der Waals surface area contributed by atoms with Gasteiger partial charge in [0, 0.05) is 0 Å². The minimum absolute atomic E-state index is 0. The van der Waals surface area contributed by atoms with Gasteiger partial charge < -0.3 is 24.8 Å². The van der Waals surface area contributed by atoms with Gasteiger partial charge in [0.15, 0.2) is 0 Å². The van der Waals surface area contributed by atoms with Crippen molar-refractivity contribution in [3.63, 3.8) is 0 Å². The molecule has 2 aliphatic carbocycles. The Bertz CT molecular complexity index is 1240. The van der Waals surface area contributed by atoms with Gasteiger partial charge in [0.25, 0.3) is 0 Å². The van der Waals surface area contributed by atoms with Crippen LogP contribution in [0.4, 0.5) is 0 Å². The van der Waals surface area contributed by atoms with E-state index in [1.165, 1.54) is 16.7 Å². The number of allylic oxidation sites excluding steroid dienone is 4. The molecule has 3 aromatic rings. The Morgan fingerprint density at radius 1 is 0.735 bits per heavy atom. The molecule has 0 spiro atoms. The van der Waals surface area contributed by atoms with E-state index in [4.69, 9.17) is 0 Å². The van der Waals surface area contributed by atoms with Gasteiger partial charge in [-0.3, -0.25) is 0 Å². The Morgan fingerprint density at radius 2 is 1.24 bits per heavy atom. The van der Waals surface area contributed by atoms with E-state index in [2.05, 4.69) is 122 Å². The van der Waals surface area contributed by atoms with Gasteiger partial charge in [0.1, 0.15) is 0 Å². The third-order valence-electron chi connectivity index (χ3n) is 7.07. The summed E-state index contributed by atoms with van der Waals surface area (Å²) < 4.78 is 5.10. The molecule has 0 aliphatic heterocycles. The second-order valence-electron chi connectivity index (χ2n) is 10.3. The minimum Gasteiger partial charge on any atom is -1.00 e. The molecule has 0 fully saturated rings. The molecule has 0 nitrogen and oxygen atoms in total. The summed E-state index contributed by atoms with van der Waals surface area (Å²) >= 11 is -2.32. The van der Waals surface area contributed by atoms with Gasteiger partial charge in [-0.05, 0) is 0 Å². The number of rotatable bonds is 4. The maximum Gasteiger partial charge on any atom is -1.00 e. The van der Waals surface area contributed by atoms with Crippen LogP contribution in [0.3, 0.4) is 0 Å². The molecule has 1 unspecified atom stereocenters. The van der Waals surface area contributed by atoms with E-state index in [1.807, 2.05) is 3.28 Å². The van der Waals surface area contributed by atoms with Crippen LogP contribution >= 0.6 is 0 Å². The number of fused-ring (bicyclic) bond motifs is 3. The molecule has 2 aliphatic rings. The fraction of sp³-hybridized carbons (Fsp3) is 0.233. The van der Waals surface area contributed by atoms with Crippen molar-refractivity contribution in [2.75, 3.05) is 0 Å². The predicted molar refractivity (Wildman–Crippen MR) is 139 cm³/mol. The summed E-state index contributed by atoms with van der Waals surface area (Å²) in [7, 11) is -1.37. The van der Waals surface area contributed by atoms with E-state index < -0.39 is 29.3 Å². The fourth-order valence-corrected chi connectivity index (χ4v) is 16.8. The summed E-state index contributed by atoms with van der Waals surface area (Å²) in [5.74, 6) is 0.561. The van der Waals surface area contributed by atoms with Gasteiger partial charge in [0.2, 0.25) is 0 Å². The Kier molecular flexibility index (Phi) is 8.63. The summed E-state index contributed by atoms with van der Waals surface area (Å²) in [5.41, 5.74) is 9.07. The first-order valence-corrected chi connectivity index (χ1v) is 19.3. The summed E-state index contributed by atoms with van der Waals surface area (Å²) in [6, 6.07) is 29.5. The maximum absolute atomic E-state index is 2.74. The molecule has 0 amide bonds. The molecule has 0 aromatic heterocycles. The van der Waals surface area contributed by atoms with E-state index in [0.29, 0.717) is 9.54 Å². The molecule has 0 bridgehead atoms. The summed E-state index contributed by atoms with van der Waals surface area (Å²) in [5, 5.41) is 1.69. The van der Waals surface area contributed by atoms with E-state index in [9.17, 15) is 0 Å². The largest absolute Gasteiger partial charge is 1.00 e. The predicted octanol–water partition coefficient (Wildman–Crippen LogP) is 1.96. The Hall–Kier alpha value is -1.31. The summed E-state index contributed by atoms with van der Waals surface area (Å²) in [6.45, 7) is 12.4. The van der Waals surface area contributed by atoms with E-state index in [0.717, 1.165) is 0 Å². The van der Waals surface area contributed by atoms with Crippen LogP contribution < -0.4 is 24.8 Å². The fourth-order valence-electron chi connectivity index (χ4n) is 5.77. The van der Waals surface area contributed by atoms with Gasteiger partial charge in [0.05, 0.1) is 0 Å². The first-order valence-electron chi connectivity index (χ1n) is 11.7. The van der Waals surface area contributed by atoms with Crippen molar-refractivity contribution in [2.24, 2.45) is 5.92 Å². The molecule has 5 rings (SSSR count). The smallest absolute Gasteiger partial charge is 1.00 e. The van der Waals surface area contributed by atoms with Crippen molar-refractivity contribution in [2.45, 2.75) is 37.1 Å². The minimum atomic E-state index is -2.32. The molecule has 0 radical (unpaired) electrons. The SMILES string of the molecule is CC1=[C](/[Zr+2](=[CH]/c2ccccc2)[CH]2c3ccccc3-c3ccccc32)C(C)C=C1[Si](C)(C)C.[Cl-].[Cl-]. The average molecular weight is 583 g/mol. The summed E-state index contributed by atoms with van der Waals surface area (Å²) in [4.78, 5) is 0. The van der Waals surface area contributed by atoms with Crippen molar-refractivity contribution in [1.82, 2.24) is 0 Å². The van der Waals surface area contributed by atoms with Gasteiger partial charge in [-0.1, -0.05) is 0 Å². The number of hydrogen-bond donors (Lipinski definition) is 0. The zero-order valence-electron chi connectivity index (χ0n) is 20.6. The Morgan fingerprint density at radius 3 is 1.74 bits per heavy atom. The monoisotopic (exact) mass is 580 g/mol. The summed E-state index contributed by atoms with van der Waals surface area (Å²) in [6.07, 6.45) is 2.63. The van der Waals surface area contributed by atoms with Crippen LogP contribution in [0, 0.1) is 5.92 Å². The first kappa shape index (κ1) is 27.3. The topological polar surface area (TPSA) is 0 Å². The normalized spacial score (nSPS) is 17.0. The van der Waals surface area contributed by atoms with Crippen LogP contribution in [0.1, 0.15) is 34.2 Å². The van der Waals surface area contributed by atoms with Crippen LogP contribution in [-0.2, 0) is 21.3 Å². The van der Waals surface area contributed by atoms with E-state index in [1.54, 1.807) is 21.9 Å². The van der Waals surface area contributed by atoms with Crippen molar-refractivity contribution < 1.29 is 46.1 Å². The molecular weight excluding hydrogens is 551 g/mol. The molecule has 0 saturated carbocycles. The second-order valence-corrected chi connectivity index (χ2v) is 21.0. The zero-order chi connectivity index (χ0) is 22.5. The van der Waals surface area contributed by atoms with Crippen LogP contribution in [0.5, 0.6) is 0 Å². The molecule has 34 heavy (non-hydrogen) atoms. The van der Waals surface area contributed by atoms with Crippen molar-refractivity contribution >= 4 is 11.8 Å². The molecule has 0 heterocycles. The number of benzene rings is 3. The zero-order valence-corrected chi connectivity index (χ0v) is 25.5. The number of halogens is 2. The van der Waals surface area contributed by atoms with Crippen molar-refractivity contribution in [1.29, 1.82) is 0 Å². The van der Waals surface area contributed by atoms with Crippen LogP contribution in [0.2, 0.25) is 19.6 Å². The Labute approximate surface area is 226 Å². The second kappa shape index (κ2) is 10.8. The van der Waals surface area contributed by atoms with E-state index >= 15 is 0 Å². The van der Waals surface area contributed by atoms with Gasteiger partial charge in [-0.25, -0.2) is 0 Å². The molecule has 3 aromatic carbocycles. The van der Waals surface area contributed by atoms with Gasteiger partial charge in [-0.15, -0.1) is 0 Å². The van der Waals surface area contributed by atoms with Crippen molar-refractivity contribution in [3.8, 4) is 11.1 Å². The number of hydrogen-bond acceptors (Lipinski definition) is 0. The van der Waals surface area contributed by atoms with Gasteiger partial charge in [-0.2, -0.15) is 0 Å². The maximum atomic E-state index is 2.74. The third-order valence-corrected chi connectivity index (χ3v) is 17.4. The van der Waals surface area contributed by atoms with Crippen LogP contribution in [0.15, 0.2) is 99.0 Å². The quantitative estimate of drug-likeness (QED) is 0.413. The molecular formula is C30H32Cl2SiZr. The van der Waals surface area contributed by atoms with Gasteiger partial charge >= 0.3 is 203 Å². The third kappa shape index (κ3) is 4.85. The van der Waals surface area contributed by atoms with E-state index in [-0.39, 0.29) is 24.8 Å².